The Morgan fingerprint density at radius 3 is 1.67 bits per heavy atom. The smallest absolute Gasteiger partial charge is 0.298 e. The van der Waals surface area contributed by atoms with Gasteiger partial charge in [-0.15, -0.1) is 0 Å². The molecule has 2 N–H and O–H groups in total. The molecule has 0 aliphatic heterocycles. The van der Waals surface area contributed by atoms with Gasteiger partial charge >= 0.3 is 0 Å². The summed E-state index contributed by atoms with van der Waals surface area (Å²) in [4.78, 5) is -1.79. The van der Waals surface area contributed by atoms with Crippen LogP contribution in [0.15, 0.2) is 21.9 Å². The van der Waals surface area contributed by atoms with Crippen molar-refractivity contribution in [1.29, 1.82) is 0 Å². The molecule has 1 rings (SSSR count). The van der Waals surface area contributed by atoms with Crippen molar-refractivity contribution < 1.29 is 35.8 Å². The lowest BCUT2D eigenvalue weighted by atomic mass is 10.2. The molecule has 0 aliphatic carbocycles. The molecule has 1 radical (unpaired) electrons. The van der Waals surface area contributed by atoms with E-state index in [0.717, 1.165) is 19.2 Å². The van der Waals surface area contributed by atoms with Crippen LogP contribution in [0.3, 0.4) is 0 Å². The summed E-state index contributed by atoms with van der Waals surface area (Å²) >= 11 is 0. The third-order valence-corrected chi connectivity index (χ3v) is 3.73. The summed E-state index contributed by atoms with van der Waals surface area (Å²) in [7, 11) is -8.65. The molecule has 101 valence electrons. The van der Waals surface area contributed by atoms with Crippen LogP contribution in [0.5, 0.6) is 5.75 Å². The van der Waals surface area contributed by atoms with Crippen molar-refractivity contribution in [2.45, 2.75) is 16.4 Å². The van der Waals surface area contributed by atoms with Gasteiger partial charge in [-0.05, 0) is 17.7 Å². The summed E-state index contributed by atoms with van der Waals surface area (Å²) < 4.78 is 66.6. The fourth-order valence-corrected chi connectivity index (χ4v) is 2.82. The summed E-state index contributed by atoms with van der Waals surface area (Å²) in [5.41, 5.74) is -0.240. The lowest BCUT2D eigenvalue weighted by Crippen LogP contribution is -2.09. The van der Waals surface area contributed by atoms with Crippen LogP contribution in [0.1, 0.15) is 5.56 Å². The van der Waals surface area contributed by atoms with Gasteiger partial charge in [-0.2, -0.15) is 16.8 Å². The molecule has 18 heavy (non-hydrogen) atoms. The highest BCUT2D eigenvalue weighted by Crippen LogP contribution is 2.32. The van der Waals surface area contributed by atoms with Crippen molar-refractivity contribution in [2.24, 2.45) is 0 Å². The molecular weight excluding hydrogens is 288 g/mol. The number of rotatable bonds is 4. The predicted octanol–water partition coefficient (Wildman–Crippen LogP) is 0.119. The van der Waals surface area contributed by atoms with E-state index in [9.17, 15) is 21.9 Å². The first-order valence-electron chi connectivity index (χ1n) is 4.35. The monoisotopic (exact) mass is 297 g/mol. The number of ether oxygens (including phenoxy) is 1. The maximum Gasteiger partial charge on any atom is 0.298 e. The predicted molar refractivity (Wildman–Crippen MR) is 57.0 cm³/mol. The zero-order valence-corrected chi connectivity index (χ0v) is 10.7. The van der Waals surface area contributed by atoms with E-state index in [4.69, 9.17) is 9.11 Å². The molecule has 0 unspecified atom stereocenters. The first-order chi connectivity index (χ1) is 8.11. The number of benzene rings is 1. The Morgan fingerprint density at radius 2 is 1.44 bits per heavy atom. The maximum atomic E-state index is 11.1. The van der Waals surface area contributed by atoms with E-state index in [-0.39, 0.29) is 5.56 Å². The van der Waals surface area contributed by atoms with E-state index in [1.165, 1.54) is 0 Å². The van der Waals surface area contributed by atoms with Crippen LogP contribution in [0.4, 0.5) is 0 Å². The molecule has 0 saturated heterocycles. The minimum atomic E-state index is -4.80. The highest BCUT2D eigenvalue weighted by atomic mass is 32.2. The maximum absolute atomic E-state index is 11.1. The Hall–Kier alpha value is -1.20. The molecule has 0 aromatic heterocycles. The lowest BCUT2D eigenvalue weighted by molar-refractivity contribution is 0.177. The number of hydrogen-bond acceptors (Lipinski definition) is 5. The Morgan fingerprint density at radius 1 is 1.06 bits per heavy atom. The summed E-state index contributed by atoms with van der Waals surface area (Å²) in [6.07, 6.45) is 0. The van der Waals surface area contributed by atoms with Gasteiger partial charge in [0.25, 0.3) is 20.2 Å². The zero-order chi connectivity index (χ0) is 14.1. The molecule has 1 aromatic rings. The molecule has 0 amide bonds. The van der Waals surface area contributed by atoms with E-state index >= 15 is 0 Å². The van der Waals surface area contributed by atoms with E-state index in [2.05, 4.69) is 4.74 Å². The van der Waals surface area contributed by atoms with Crippen molar-refractivity contribution in [3.05, 3.63) is 17.7 Å². The SMILES string of the molecule is COc1c(S(=O)(=O)O)cc(C[O])cc1S(=O)(=O)O. The van der Waals surface area contributed by atoms with E-state index in [0.29, 0.717) is 0 Å². The van der Waals surface area contributed by atoms with Gasteiger partial charge in [0.1, 0.15) is 16.4 Å². The molecule has 0 saturated carbocycles. The van der Waals surface area contributed by atoms with Gasteiger partial charge in [0.2, 0.25) is 0 Å². The van der Waals surface area contributed by atoms with Crippen LogP contribution in [0.25, 0.3) is 0 Å². The van der Waals surface area contributed by atoms with Gasteiger partial charge in [-0.25, -0.2) is 5.11 Å². The third-order valence-electron chi connectivity index (χ3n) is 2.01. The average molecular weight is 297 g/mol. The van der Waals surface area contributed by atoms with Crippen LogP contribution >= 0.6 is 0 Å². The molecular formula is C8H9O8S2. The van der Waals surface area contributed by atoms with E-state index < -0.39 is 42.4 Å². The zero-order valence-electron chi connectivity index (χ0n) is 9.02. The quantitative estimate of drug-likeness (QED) is 0.752. The van der Waals surface area contributed by atoms with Crippen LogP contribution in [0.2, 0.25) is 0 Å². The van der Waals surface area contributed by atoms with Gasteiger partial charge < -0.3 is 4.74 Å². The minimum absolute atomic E-state index is 0.240. The fourth-order valence-electron chi connectivity index (χ4n) is 1.30. The van der Waals surface area contributed by atoms with Crippen LogP contribution in [0, 0.1) is 0 Å². The number of hydrogen-bond donors (Lipinski definition) is 2. The van der Waals surface area contributed by atoms with E-state index in [1.54, 1.807) is 0 Å². The fraction of sp³-hybridized carbons (Fsp3) is 0.250. The summed E-state index contributed by atoms with van der Waals surface area (Å²) in [5, 5.41) is 10.7. The Kier molecular flexibility index (Phi) is 3.98. The van der Waals surface area contributed by atoms with Gasteiger partial charge in [-0.1, -0.05) is 0 Å². The van der Waals surface area contributed by atoms with Crippen LogP contribution in [-0.4, -0.2) is 33.1 Å². The molecule has 0 heterocycles. The van der Waals surface area contributed by atoms with Crippen LogP contribution in [-0.2, 0) is 31.9 Å². The first kappa shape index (κ1) is 14.9. The standard InChI is InChI=1S/C8H9O8S2/c1-16-8-6(17(10,11)12)2-5(4-9)3-7(8)18(13,14)15/h2-3H,4H2,1H3,(H,10,11,12)(H,13,14,15). The summed E-state index contributed by atoms with van der Waals surface area (Å²) in [5.74, 6) is -0.753. The van der Waals surface area contributed by atoms with Crippen LogP contribution < -0.4 is 4.74 Å². The normalized spacial score (nSPS) is 12.4. The molecule has 0 atom stereocenters. The van der Waals surface area contributed by atoms with Crippen molar-refractivity contribution >= 4 is 20.2 Å². The van der Waals surface area contributed by atoms with Crippen molar-refractivity contribution in [3.63, 3.8) is 0 Å². The minimum Gasteiger partial charge on any atom is -0.494 e. The highest BCUT2D eigenvalue weighted by Gasteiger charge is 2.26. The molecule has 10 heteroatoms. The second kappa shape index (κ2) is 4.82. The van der Waals surface area contributed by atoms with Crippen molar-refractivity contribution in [2.75, 3.05) is 7.11 Å². The Balaban J connectivity index is 3.84. The van der Waals surface area contributed by atoms with Gasteiger partial charge in [0.15, 0.2) is 5.75 Å². The summed E-state index contributed by atoms with van der Waals surface area (Å²) in [6.45, 7) is -0.935. The largest absolute Gasteiger partial charge is 0.494 e. The number of methoxy groups -OCH3 is 1. The van der Waals surface area contributed by atoms with Gasteiger partial charge in [-0.3, -0.25) is 9.11 Å². The molecule has 1 aromatic carbocycles. The second-order valence-electron chi connectivity index (χ2n) is 3.22. The Bertz CT molecular complexity index is 605. The molecule has 0 bridgehead atoms. The van der Waals surface area contributed by atoms with Crippen molar-refractivity contribution in [1.82, 2.24) is 0 Å². The van der Waals surface area contributed by atoms with Crippen molar-refractivity contribution in [3.8, 4) is 5.75 Å². The molecule has 0 aliphatic rings. The lowest BCUT2D eigenvalue weighted by Gasteiger charge is -2.11. The second-order valence-corrected chi connectivity index (χ2v) is 6.00. The molecule has 8 nitrogen and oxygen atoms in total. The third kappa shape index (κ3) is 2.97. The highest BCUT2D eigenvalue weighted by molar-refractivity contribution is 7.86. The molecule has 0 spiro atoms. The first-order valence-corrected chi connectivity index (χ1v) is 7.23. The Labute approximate surface area is 103 Å². The topological polar surface area (TPSA) is 138 Å². The molecule has 0 fully saturated rings. The van der Waals surface area contributed by atoms with Gasteiger partial charge in [0, 0.05) is 0 Å². The summed E-state index contributed by atoms with van der Waals surface area (Å²) in [6, 6.07) is 1.55. The van der Waals surface area contributed by atoms with E-state index in [1.807, 2.05) is 0 Å². The average Bonchev–Trinajstić information content (AvgIpc) is 2.24. The van der Waals surface area contributed by atoms with Gasteiger partial charge in [0.05, 0.1) is 7.11 Å².